The van der Waals surface area contributed by atoms with Gasteiger partial charge in [-0.05, 0) is 6.07 Å². The van der Waals surface area contributed by atoms with Gasteiger partial charge in [0.05, 0.1) is 5.69 Å². The van der Waals surface area contributed by atoms with E-state index in [-0.39, 0.29) is 6.09 Å². The second-order valence-electron chi connectivity index (χ2n) is 4.46. The average molecular weight is 344 g/mol. The molecule has 1 fully saturated rings. The molecule has 1 aromatic carbocycles. The first-order valence-corrected chi connectivity index (χ1v) is 6.66. The second kappa shape index (κ2) is 4.13. The van der Waals surface area contributed by atoms with Crippen LogP contribution in [0.5, 0.6) is 0 Å². The maximum absolute atomic E-state index is 11.6. The van der Waals surface area contributed by atoms with Crippen molar-refractivity contribution in [3.63, 3.8) is 0 Å². The Kier molecular flexibility index (Phi) is 2.74. The number of halogens is 1. The molecular weight excluding hydrogens is 331 g/mol. The van der Waals surface area contributed by atoms with E-state index in [1.165, 1.54) is 0 Å². The minimum Gasteiger partial charge on any atom is -0.438 e. The van der Waals surface area contributed by atoms with E-state index < -0.39 is 5.60 Å². The fourth-order valence-corrected chi connectivity index (χ4v) is 3.05. The summed E-state index contributed by atoms with van der Waals surface area (Å²) in [5, 5.41) is 2.77. The van der Waals surface area contributed by atoms with Crippen LogP contribution in [-0.4, -0.2) is 22.3 Å². The van der Waals surface area contributed by atoms with Crippen LogP contribution in [0, 0.1) is 0 Å². The van der Waals surface area contributed by atoms with Crippen molar-refractivity contribution in [1.29, 1.82) is 0 Å². The molecule has 0 radical (unpaired) electrons. The number of ether oxygens (including phenoxy) is 1. The molecular formula is C12H13IN2O2. The predicted octanol–water partition coefficient (Wildman–Crippen LogP) is 2.89. The molecule has 0 atom stereocenters. The lowest BCUT2D eigenvalue weighted by Crippen LogP contribution is -2.46. The highest BCUT2D eigenvalue weighted by Gasteiger charge is 2.43. The van der Waals surface area contributed by atoms with Crippen molar-refractivity contribution in [2.24, 2.45) is 0 Å². The molecule has 90 valence electrons. The molecule has 5 heteroatoms. The quantitative estimate of drug-likeness (QED) is 0.581. The van der Waals surface area contributed by atoms with Gasteiger partial charge in [-0.1, -0.05) is 18.2 Å². The van der Waals surface area contributed by atoms with E-state index in [9.17, 15) is 4.79 Å². The summed E-state index contributed by atoms with van der Waals surface area (Å²) in [6, 6.07) is 7.93. The van der Waals surface area contributed by atoms with Crippen LogP contribution < -0.4 is 5.32 Å². The number of hydrogen-bond acceptors (Lipinski definition) is 3. The second-order valence-corrected chi connectivity index (χ2v) is 5.83. The van der Waals surface area contributed by atoms with Gasteiger partial charge >= 0.3 is 6.09 Å². The zero-order valence-corrected chi connectivity index (χ0v) is 11.4. The molecule has 0 unspecified atom stereocenters. The third-order valence-electron chi connectivity index (χ3n) is 3.46. The Morgan fingerprint density at radius 1 is 1.29 bits per heavy atom. The molecule has 0 bridgehead atoms. The predicted molar refractivity (Wildman–Crippen MR) is 73.1 cm³/mol. The largest absolute Gasteiger partial charge is 0.438 e. The summed E-state index contributed by atoms with van der Waals surface area (Å²) in [4.78, 5) is 11.6. The van der Waals surface area contributed by atoms with Crippen LogP contribution in [0.2, 0.25) is 0 Å². The number of rotatable bonds is 0. The highest BCUT2D eigenvalue weighted by Crippen LogP contribution is 2.43. The molecule has 1 amide bonds. The molecule has 17 heavy (non-hydrogen) atoms. The van der Waals surface area contributed by atoms with Crippen LogP contribution in [0.3, 0.4) is 0 Å². The maximum atomic E-state index is 11.6. The minimum absolute atomic E-state index is 0.328. The topological polar surface area (TPSA) is 41.6 Å². The van der Waals surface area contributed by atoms with E-state index in [4.69, 9.17) is 4.74 Å². The van der Waals surface area contributed by atoms with E-state index in [0.29, 0.717) is 0 Å². The van der Waals surface area contributed by atoms with Crippen molar-refractivity contribution in [1.82, 2.24) is 3.11 Å². The minimum atomic E-state index is -0.416. The van der Waals surface area contributed by atoms with Gasteiger partial charge in [0.15, 0.2) is 0 Å². The normalized spacial score (nSPS) is 22.8. The smallest absolute Gasteiger partial charge is 0.412 e. The molecule has 1 spiro atoms. The number of nitrogens with one attached hydrogen (secondary N) is 1. The van der Waals surface area contributed by atoms with Crippen LogP contribution in [-0.2, 0) is 10.3 Å². The molecule has 2 aliphatic rings. The Hall–Kier alpha value is -0.820. The van der Waals surface area contributed by atoms with Gasteiger partial charge < -0.3 is 4.74 Å². The first kappa shape index (κ1) is 11.3. The SMILES string of the molecule is O=C1Nc2ccccc2C2(CCN(I)CC2)O1. The Morgan fingerprint density at radius 3 is 2.76 bits per heavy atom. The van der Waals surface area contributed by atoms with Gasteiger partial charge in [0, 0.05) is 54.4 Å². The number of amides is 1. The molecule has 1 saturated heterocycles. The van der Waals surface area contributed by atoms with Gasteiger partial charge in [-0.25, -0.2) is 7.91 Å². The Labute approximate surface area is 114 Å². The van der Waals surface area contributed by atoms with Crippen LogP contribution in [0.4, 0.5) is 10.5 Å². The Balaban J connectivity index is 2.02. The third-order valence-corrected chi connectivity index (χ3v) is 4.42. The molecule has 0 aliphatic carbocycles. The molecule has 2 aliphatic heterocycles. The van der Waals surface area contributed by atoms with Crippen LogP contribution in [0.25, 0.3) is 0 Å². The van der Waals surface area contributed by atoms with Gasteiger partial charge in [0.25, 0.3) is 0 Å². The van der Waals surface area contributed by atoms with Crippen molar-refractivity contribution in [3.05, 3.63) is 29.8 Å². The first-order chi connectivity index (χ1) is 8.20. The van der Waals surface area contributed by atoms with Gasteiger partial charge in [-0.3, -0.25) is 5.32 Å². The Morgan fingerprint density at radius 2 is 2.00 bits per heavy atom. The summed E-state index contributed by atoms with van der Waals surface area (Å²) >= 11 is 2.32. The summed E-state index contributed by atoms with van der Waals surface area (Å²) < 4.78 is 7.85. The lowest BCUT2D eigenvalue weighted by Gasteiger charge is -2.42. The summed E-state index contributed by atoms with van der Waals surface area (Å²) in [6.07, 6.45) is 1.39. The average Bonchev–Trinajstić information content (AvgIpc) is 2.33. The first-order valence-electron chi connectivity index (χ1n) is 5.70. The zero-order chi connectivity index (χ0) is 11.9. The fourth-order valence-electron chi connectivity index (χ4n) is 2.57. The highest BCUT2D eigenvalue weighted by molar-refractivity contribution is 14.1. The van der Waals surface area contributed by atoms with Crippen molar-refractivity contribution in [2.75, 3.05) is 18.4 Å². The van der Waals surface area contributed by atoms with Crippen molar-refractivity contribution < 1.29 is 9.53 Å². The number of benzene rings is 1. The summed E-state index contributed by atoms with van der Waals surface area (Å²) in [5.41, 5.74) is 1.59. The Bertz CT molecular complexity index is 456. The number of piperidine rings is 1. The van der Waals surface area contributed by atoms with Gasteiger partial charge in [0.2, 0.25) is 0 Å². The number of para-hydroxylation sites is 1. The lowest BCUT2D eigenvalue weighted by molar-refractivity contribution is -0.0213. The molecule has 2 heterocycles. The van der Waals surface area contributed by atoms with Gasteiger partial charge in [-0.15, -0.1) is 0 Å². The number of carbonyl (C=O) groups is 1. The highest BCUT2D eigenvalue weighted by atomic mass is 127. The zero-order valence-electron chi connectivity index (χ0n) is 9.28. The lowest BCUT2D eigenvalue weighted by atomic mass is 9.83. The molecule has 3 rings (SSSR count). The number of nitrogens with zero attached hydrogens (tertiary/aromatic N) is 1. The standard InChI is InChI=1S/C12H13IN2O2/c13-15-7-5-12(6-8-15)9-3-1-2-4-10(9)14-11(16)17-12/h1-4H,5-8H2,(H,14,16). The summed E-state index contributed by atoms with van der Waals surface area (Å²) in [5.74, 6) is 0. The van der Waals surface area contributed by atoms with Crippen molar-refractivity contribution in [2.45, 2.75) is 18.4 Å². The van der Waals surface area contributed by atoms with Crippen molar-refractivity contribution >= 4 is 34.6 Å². The number of hydrogen-bond donors (Lipinski definition) is 1. The van der Waals surface area contributed by atoms with Crippen molar-refractivity contribution in [3.8, 4) is 0 Å². The molecule has 0 aromatic heterocycles. The van der Waals surface area contributed by atoms with E-state index >= 15 is 0 Å². The maximum Gasteiger partial charge on any atom is 0.412 e. The molecule has 4 nitrogen and oxygen atoms in total. The van der Waals surface area contributed by atoms with E-state index in [1.54, 1.807) is 0 Å². The molecule has 1 N–H and O–H groups in total. The summed E-state index contributed by atoms with van der Waals surface area (Å²) in [7, 11) is 0. The van der Waals surface area contributed by atoms with Crippen LogP contribution in [0.1, 0.15) is 18.4 Å². The monoisotopic (exact) mass is 344 g/mol. The molecule has 0 saturated carbocycles. The van der Waals surface area contributed by atoms with E-state index in [2.05, 4.69) is 37.4 Å². The molecule has 1 aromatic rings. The summed E-state index contributed by atoms with van der Waals surface area (Å²) in [6.45, 7) is 1.89. The number of carbonyl (C=O) groups excluding carboxylic acids is 1. The third kappa shape index (κ3) is 1.91. The van der Waals surface area contributed by atoms with Crippen LogP contribution in [0.15, 0.2) is 24.3 Å². The number of fused-ring (bicyclic) bond motifs is 2. The van der Waals surface area contributed by atoms with E-state index in [1.807, 2.05) is 18.2 Å². The van der Waals surface area contributed by atoms with Gasteiger partial charge in [0.1, 0.15) is 5.60 Å². The van der Waals surface area contributed by atoms with E-state index in [0.717, 1.165) is 37.2 Å². The van der Waals surface area contributed by atoms with Crippen LogP contribution >= 0.6 is 22.9 Å². The number of anilines is 1. The van der Waals surface area contributed by atoms with Gasteiger partial charge in [-0.2, -0.15) is 0 Å². The fraction of sp³-hybridized carbons (Fsp3) is 0.417.